The van der Waals surface area contributed by atoms with E-state index in [1.807, 2.05) is 30.3 Å². The second-order valence-corrected chi connectivity index (χ2v) is 10.6. The van der Waals surface area contributed by atoms with E-state index in [4.69, 9.17) is 23.7 Å². The Kier molecular flexibility index (Phi) is 10.8. The number of nitrogens with one attached hydrogen (secondary N) is 1. The van der Waals surface area contributed by atoms with Gasteiger partial charge < -0.3 is 33.9 Å². The van der Waals surface area contributed by atoms with Crippen molar-refractivity contribution in [3.8, 4) is 17.2 Å². The number of fused-ring (bicyclic) bond motifs is 1. The van der Waals surface area contributed by atoms with Gasteiger partial charge in [-0.25, -0.2) is 8.78 Å². The predicted molar refractivity (Wildman–Crippen MR) is 158 cm³/mol. The SMILES string of the molecule is COCCCN1C(=O)COc2ccc(COC3CNCCC3c3ccc(OCCCOc4ccc(F)c(F)c4)cc3)cc21. The zero-order valence-corrected chi connectivity index (χ0v) is 24.4. The standard InChI is InChI=1S/C33H38F2N2O6/c1-39-15-2-14-37-30-18-23(4-11-31(30)43-22-33(37)38)21-42-32-20-36-13-12-27(32)24-5-7-25(8-6-24)40-16-3-17-41-26-9-10-28(34)29(35)19-26/h4-11,18-19,27,32,36H,2-3,12-17,20-22H2,1H3. The van der Waals surface area contributed by atoms with Gasteiger partial charge in [-0.3, -0.25) is 4.79 Å². The molecule has 1 saturated heterocycles. The Morgan fingerprint density at radius 3 is 2.51 bits per heavy atom. The highest BCUT2D eigenvalue weighted by molar-refractivity contribution is 5.97. The predicted octanol–water partition coefficient (Wildman–Crippen LogP) is 5.24. The zero-order chi connectivity index (χ0) is 30.0. The smallest absolute Gasteiger partial charge is 0.265 e. The van der Waals surface area contributed by atoms with Crippen LogP contribution in [0.4, 0.5) is 14.5 Å². The molecule has 1 N–H and O–H groups in total. The van der Waals surface area contributed by atoms with Crippen molar-refractivity contribution in [3.05, 3.63) is 83.4 Å². The van der Waals surface area contributed by atoms with Gasteiger partial charge in [0.05, 0.1) is 31.6 Å². The van der Waals surface area contributed by atoms with Crippen LogP contribution in [-0.2, 0) is 20.9 Å². The van der Waals surface area contributed by atoms with Gasteiger partial charge in [0.25, 0.3) is 5.91 Å². The number of carbonyl (C=O) groups is 1. The highest BCUT2D eigenvalue weighted by atomic mass is 19.2. The molecule has 10 heteroatoms. The van der Waals surface area contributed by atoms with Crippen LogP contribution in [0.2, 0.25) is 0 Å². The quantitative estimate of drug-likeness (QED) is 0.255. The number of nitrogens with zero attached hydrogens (tertiary/aromatic N) is 1. The van der Waals surface area contributed by atoms with E-state index in [9.17, 15) is 13.6 Å². The number of halogens is 2. The number of carbonyl (C=O) groups excluding carboxylic acids is 1. The van der Waals surface area contributed by atoms with Crippen molar-refractivity contribution in [3.63, 3.8) is 0 Å². The molecule has 2 unspecified atom stereocenters. The van der Waals surface area contributed by atoms with Crippen molar-refractivity contribution in [1.82, 2.24) is 5.32 Å². The average molecular weight is 597 g/mol. The van der Waals surface area contributed by atoms with Crippen LogP contribution in [0.1, 0.15) is 36.3 Å². The van der Waals surface area contributed by atoms with Gasteiger partial charge in [0, 0.05) is 45.2 Å². The fourth-order valence-corrected chi connectivity index (χ4v) is 5.36. The van der Waals surface area contributed by atoms with Gasteiger partial charge in [0.15, 0.2) is 18.2 Å². The maximum atomic E-state index is 13.3. The van der Waals surface area contributed by atoms with E-state index in [2.05, 4.69) is 17.4 Å². The van der Waals surface area contributed by atoms with Crippen molar-refractivity contribution >= 4 is 11.6 Å². The van der Waals surface area contributed by atoms with Crippen molar-refractivity contribution in [2.24, 2.45) is 0 Å². The van der Waals surface area contributed by atoms with Crippen LogP contribution in [0, 0.1) is 11.6 Å². The van der Waals surface area contributed by atoms with E-state index in [-0.39, 0.29) is 30.3 Å². The molecule has 3 aromatic rings. The lowest BCUT2D eigenvalue weighted by atomic mass is 9.87. The van der Waals surface area contributed by atoms with E-state index >= 15 is 0 Å². The molecule has 0 aliphatic carbocycles. The molecule has 3 aromatic carbocycles. The molecule has 2 heterocycles. The molecular formula is C33H38F2N2O6. The molecule has 0 saturated carbocycles. The third kappa shape index (κ3) is 8.22. The first-order chi connectivity index (χ1) is 21.0. The highest BCUT2D eigenvalue weighted by Gasteiger charge is 2.28. The topological polar surface area (TPSA) is 78.5 Å². The Balaban J connectivity index is 1.12. The summed E-state index contributed by atoms with van der Waals surface area (Å²) in [4.78, 5) is 14.3. The molecule has 43 heavy (non-hydrogen) atoms. The Bertz CT molecular complexity index is 1360. The second-order valence-electron chi connectivity index (χ2n) is 10.6. The number of anilines is 1. The fourth-order valence-electron chi connectivity index (χ4n) is 5.36. The van der Waals surface area contributed by atoms with Gasteiger partial charge in [-0.05, 0) is 66.9 Å². The van der Waals surface area contributed by atoms with E-state index in [1.54, 1.807) is 12.0 Å². The molecule has 1 amide bonds. The first-order valence-electron chi connectivity index (χ1n) is 14.7. The van der Waals surface area contributed by atoms with E-state index in [0.717, 1.165) is 55.1 Å². The van der Waals surface area contributed by atoms with Gasteiger partial charge in [0.2, 0.25) is 0 Å². The van der Waals surface area contributed by atoms with Crippen molar-refractivity contribution in [2.45, 2.75) is 37.9 Å². The molecule has 0 radical (unpaired) electrons. The minimum atomic E-state index is -0.928. The molecule has 2 atom stereocenters. The van der Waals surface area contributed by atoms with Crippen LogP contribution in [0.5, 0.6) is 17.2 Å². The van der Waals surface area contributed by atoms with Crippen molar-refractivity contribution in [2.75, 3.05) is 58.1 Å². The number of benzene rings is 3. The second kappa shape index (κ2) is 15.1. The first-order valence-corrected chi connectivity index (χ1v) is 14.7. The Morgan fingerprint density at radius 2 is 1.72 bits per heavy atom. The van der Waals surface area contributed by atoms with Crippen LogP contribution in [0.15, 0.2) is 60.7 Å². The summed E-state index contributed by atoms with van der Waals surface area (Å²) in [5.41, 5.74) is 2.95. The lowest BCUT2D eigenvalue weighted by Gasteiger charge is -2.33. The molecule has 8 nitrogen and oxygen atoms in total. The van der Waals surface area contributed by atoms with Crippen LogP contribution in [-0.4, -0.2) is 65.2 Å². The molecule has 2 aliphatic heterocycles. The molecule has 2 aliphatic rings. The molecule has 5 rings (SSSR count). The third-order valence-electron chi connectivity index (χ3n) is 7.61. The minimum Gasteiger partial charge on any atom is -0.493 e. The number of hydrogen-bond donors (Lipinski definition) is 1. The summed E-state index contributed by atoms with van der Waals surface area (Å²) in [7, 11) is 1.66. The number of piperidine rings is 1. The van der Waals surface area contributed by atoms with E-state index < -0.39 is 11.6 Å². The minimum absolute atomic E-state index is 0.0133. The largest absolute Gasteiger partial charge is 0.493 e. The summed E-state index contributed by atoms with van der Waals surface area (Å²) in [5.74, 6) is 0.0970. The Hall–Kier alpha value is -3.73. The summed E-state index contributed by atoms with van der Waals surface area (Å²) in [5, 5.41) is 3.45. The van der Waals surface area contributed by atoms with Crippen molar-refractivity contribution < 1.29 is 37.3 Å². The van der Waals surface area contributed by atoms with Crippen LogP contribution in [0.25, 0.3) is 0 Å². The van der Waals surface area contributed by atoms with Gasteiger partial charge in [0.1, 0.15) is 17.2 Å². The molecule has 0 bridgehead atoms. The van der Waals surface area contributed by atoms with E-state index in [1.165, 1.54) is 11.6 Å². The van der Waals surface area contributed by atoms with Gasteiger partial charge in [-0.1, -0.05) is 18.2 Å². The van der Waals surface area contributed by atoms with E-state index in [0.29, 0.717) is 45.1 Å². The van der Waals surface area contributed by atoms with Crippen LogP contribution < -0.4 is 24.4 Å². The lowest BCUT2D eigenvalue weighted by Crippen LogP contribution is -2.41. The number of ether oxygens (including phenoxy) is 5. The third-order valence-corrected chi connectivity index (χ3v) is 7.61. The highest BCUT2D eigenvalue weighted by Crippen LogP contribution is 2.34. The first kappa shape index (κ1) is 30.7. The maximum Gasteiger partial charge on any atom is 0.265 e. The molecular weight excluding hydrogens is 558 g/mol. The van der Waals surface area contributed by atoms with Crippen LogP contribution >= 0.6 is 0 Å². The molecule has 230 valence electrons. The lowest BCUT2D eigenvalue weighted by molar-refractivity contribution is -0.121. The van der Waals surface area contributed by atoms with Gasteiger partial charge in [-0.15, -0.1) is 0 Å². The van der Waals surface area contributed by atoms with Gasteiger partial charge in [-0.2, -0.15) is 0 Å². The number of amides is 1. The molecule has 0 aromatic heterocycles. The number of methoxy groups -OCH3 is 1. The summed E-state index contributed by atoms with van der Waals surface area (Å²) in [6.45, 7) is 4.05. The summed E-state index contributed by atoms with van der Waals surface area (Å²) < 4.78 is 54.9. The average Bonchev–Trinajstić information content (AvgIpc) is 3.03. The summed E-state index contributed by atoms with van der Waals surface area (Å²) in [6.07, 6.45) is 2.28. The van der Waals surface area contributed by atoms with Crippen LogP contribution in [0.3, 0.4) is 0 Å². The Morgan fingerprint density at radius 1 is 0.930 bits per heavy atom. The maximum absolute atomic E-state index is 13.3. The number of hydrogen-bond acceptors (Lipinski definition) is 7. The fraction of sp³-hybridized carbons (Fsp3) is 0.424. The monoisotopic (exact) mass is 596 g/mol. The zero-order valence-electron chi connectivity index (χ0n) is 24.4. The summed E-state index contributed by atoms with van der Waals surface area (Å²) >= 11 is 0. The molecule has 0 spiro atoms. The van der Waals surface area contributed by atoms with Crippen molar-refractivity contribution in [1.29, 1.82) is 0 Å². The number of rotatable bonds is 14. The normalized spacial score (nSPS) is 18.2. The molecule has 1 fully saturated rings. The Labute approximate surface area is 250 Å². The van der Waals surface area contributed by atoms with Gasteiger partial charge >= 0.3 is 0 Å². The summed E-state index contributed by atoms with van der Waals surface area (Å²) in [6, 6.07) is 17.5.